The summed E-state index contributed by atoms with van der Waals surface area (Å²) >= 11 is 7.33. The van der Waals surface area contributed by atoms with E-state index in [2.05, 4.69) is 26.8 Å². The molecule has 1 saturated carbocycles. The molecular formula is C31H36ClF3N6O4S. The number of ether oxygens (including phenoxy) is 3. The van der Waals surface area contributed by atoms with Crippen LogP contribution in [0.25, 0.3) is 5.57 Å². The number of thiazole rings is 1. The number of rotatable bonds is 12. The molecule has 1 saturated heterocycles. The molecule has 2 bridgehead atoms. The zero-order valence-electron chi connectivity index (χ0n) is 25.7. The van der Waals surface area contributed by atoms with Crippen molar-refractivity contribution >= 4 is 34.4 Å². The zero-order chi connectivity index (χ0) is 32.6. The van der Waals surface area contributed by atoms with Gasteiger partial charge in [0.1, 0.15) is 22.4 Å². The third kappa shape index (κ3) is 6.91. The number of carbonyl (C=O) groups is 1. The summed E-state index contributed by atoms with van der Waals surface area (Å²) in [6.45, 7) is 4.25. The normalized spacial score (nSPS) is 19.8. The average Bonchev–Trinajstić information content (AvgIpc) is 3.66. The molecule has 46 heavy (non-hydrogen) atoms. The van der Waals surface area contributed by atoms with E-state index in [0.29, 0.717) is 24.2 Å². The second-order valence-electron chi connectivity index (χ2n) is 11.7. The van der Waals surface area contributed by atoms with E-state index in [9.17, 15) is 18.0 Å². The Morgan fingerprint density at radius 2 is 2.04 bits per heavy atom. The number of methoxy groups -OCH3 is 1. The predicted octanol–water partition coefficient (Wildman–Crippen LogP) is 4.74. The van der Waals surface area contributed by atoms with Crippen molar-refractivity contribution in [1.82, 2.24) is 30.3 Å². The van der Waals surface area contributed by atoms with Gasteiger partial charge in [0.25, 0.3) is 11.8 Å². The van der Waals surface area contributed by atoms with Crippen molar-refractivity contribution in [3.8, 4) is 11.6 Å². The number of hydrogen-bond acceptors (Lipinski definition) is 9. The van der Waals surface area contributed by atoms with E-state index in [0.717, 1.165) is 64.3 Å². The number of carbonyl (C=O) groups excluding carboxylic acids is 1. The van der Waals surface area contributed by atoms with E-state index in [-0.39, 0.29) is 49.7 Å². The van der Waals surface area contributed by atoms with Gasteiger partial charge in [0.15, 0.2) is 5.69 Å². The number of benzene rings is 1. The number of aromatic nitrogens is 3. The van der Waals surface area contributed by atoms with Crippen LogP contribution < -0.4 is 20.1 Å². The first-order valence-corrected chi connectivity index (χ1v) is 16.3. The van der Waals surface area contributed by atoms with Crippen LogP contribution in [0.15, 0.2) is 30.0 Å². The number of piperazine rings is 1. The highest BCUT2D eigenvalue weighted by Gasteiger charge is 2.42. The largest absolute Gasteiger partial charge is 0.496 e. The molecule has 1 aliphatic carbocycles. The highest BCUT2D eigenvalue weighted by atomic mass is 35.5. The second kappa shape index (κ2) is 13.5. The highest BCUT2D eigenvalue weighted by molar-refractivity contribution is 7.12. The molecular weight excluding hydrogens is 645 g/mol. The first-order chi connectivity index (χ1) is 22.0. The summed E-state index contributed by atoms with van der Waals surface area (Å²) in [6, 6.07) is 6.24. The van der Waals surface area contributed by atoms with Crippen LogP contribution in [0.3, 0.4) is 0 Å². The van der Waals surface area contributed by atoms with Gasteiger partial charge in [-0.25, -0.2) is 4.98 Å². The Labute approximate surface area is 273 Å². The highest BCUT2D eigenvalue weighted by Crippen LogP contribution is 2.40. The van der Waals surface area contributed by atoms with Crippen LogP contribution >= 0.6 is 22.9 Å². The SMILES string of the molecule is COc1cccc(CN(C(=O)C2=C(c3cnc(COCCOc4nn(C)c(C(F)(F)F)c4Cl)s3)CC3CNCC2N3)C2CC2)c1C. The van der Waals surface area contributed by atoms with Crippen LogP contribution in [-0.2, 0) is 35.9 Å². The van der Waals surface area contributed by atoms with Gasteiger partial charge in [0.05, 0.1) is 31.2 Å². The maximum atomic E-state index is 14.4. The van der Waals surface area contributed by atoms with E-state index in [4.69, 9.17) is 25.8 Å². The molecule has 1 aromatic carbocycles. The monoisotopic (exact) mass is 680 g/mol. The van der Waals surface area contributed by atoms with Gasteiger partial charge < -0.3 is 29.7 Å². The number of alkyl halides is 3. The van der Waals surface area contributed by atoms with Gasteiger partial charge in [0.2, 0.25) is 0 Å². The Morgan fingerprint density at radius 3 is 2.76 bits per heavy atom. The summed E-state index contributed by atoms with van der Waals surface area (Å²) in [5.41, 5.74) is 2.83. The lowest BCUT2D eigenvalue weighted by Crippen LogP contribution is -2.59. The fourth-order valence-electron chi connectivity index (χ4n) is 6.09. The third-order valence-corrected chi connectivity index (χ3v) is 9.88. The summed E-state index contributed by atoms with van der Waals surface area (Å²) in [5, 5.41) is 11.0. The standard InChI is InChI=1S/C31H36ClF3N6O4S/c1-17-18(5-4-6-23(17)43-3)15-41(20-7-8-20)30(42)26-21(11-19-12-36-13-22(26)38-19)24-14-37-25(46-24)16-44-9-10-45-29-27(32)28(31(33,34)35)40(2)39-29/h4-6,14,19-20,22,36,38H,7-13,15-16H2,1-3H3. The maximum Gasteiger partial charge on any atom is 0.434 e. The molecule has 3 aromatic rings. The number of amides is 1. The number of fused-ring (bicyclic) bond motifs is 2. The van der Waals surface area contributed by atoms with E-state index in [1.54, 1.807) is 13.3 Å². The minimum Gasteiger partial charge on any atom is -0.496 e. The van der Waals surface area contributed by atoms with Gasteiger partial charge in [0, 0.05) is 50.5 Å². The Morgan fingerprint density at radius 1 is 1.24 bits per heavy atom. The Hall–Kier alpha value is -3.17. The third-order valence-electron chi connectivity index (χ3n) is 8.51. The van der Waals surface area contributed by atoms with Crippen LogP contribution in [0.5, 0.6) is 11.6 Å². The number of hydrogen-bond donors (Lipinski definition) is 2. The van der Waals surface area contributed by atoms with E-state index in [1.807, 2.05) is 24.0 Å². The van der Waals surface area contributed by atoms with E-state index >= 15 is 0 Å². The molecule has 0 spiro atoms. The average molecular weight is 681 g/mol. The van der Waals surface area contributed by atoms with Gasteiger partial charge in [-0.1, -0.05) is 23.7 Å². The van der Waals surface area contributed by atoms with E-state index in [1.165, 1.54) is 11.3 Å². The molecule has 4 heterocycles. The molecule has 2 aliphatic heterocycles. The smallest absolute Gasteiger partial charge is 0.434 e. The van der Waals surface area contributed by atoms with Gasteiger partial charge in [-0.15, -0.1) is 16.4 Å². The Kier molecular flexibility index (Phi) is 9.62. The first-order valence-electron chi connectivity index (χ1n) is 15.1. The Balaban J connectivity index is 1.15. The molecule has 6 rings (SSSR count). The summed E-state index contributed by atoms with van der Waals surface area (Å²) in [4.78, 5) is 22.0. The molecule has 10 nitrogen and oxygen atoms in total. The molecule has 2 unspecified atom stereocenters. The van der Waals surface area contributed by atoms with Gasteiger partial charge in [-0.2, -0.15) is 13.2 Å². The molecule has 2 N–H and O–H groups in total. The van der Waals surface area contributed by atoms with Gasteiger partial charge in [-0.05, 0) is 49.0 Å². The molecule has 2 fully saturated rings. The second-order valence-corrected chi connectivity index (χ2v) is 13.2. The van der Waals surface area contributed by atoms with Crippen molar-refractivity contribution in [2.24, 2.45) is 7.05 Å². The van der Waals surface area contributed by atoms with Crippen LogP contribution in [0, 0.1) is 6.92 Å². The summed E-state index contributed by atoms with van der Waals surface area (Å²) in [5.74, 6) is 0.555. The topological polar surface area (TPSA) is 103 Å². The molecule has 0 radical (unpaired) electrons. The minimum atomic E-state index is -4.64. The quantitative estimate of drug-likeness (QED) is 0.265. The summed E-state index contributed by atoms with van der Waals surface area (Å²) in [7, 11) is 2.81. The van der Waals surface area contributed by atoms with Crippen LogP contribution in [0.4, 0.5) is 13.2 Å². The van der Waals surface area contributed by atoms with Gasteiger partial charge >= 0.3 is 6.18 Å². The molecule has 3 aliphatic rings. The number of nitrogens with one attached hydrogen (secondary N) is 2. The van der Waals surface area contributed by atoms with Crippen molar-refractivity contribution in [3.63, 3.8) is 0 Å². The maximum absolute atomic E-state index is 14.4. The first kappa shape index (κ1) is 32.8. The fourth-order valence-corrected chi connectivity index (χ4v) is 7.33. The lowest BCUT2D eigenvalue weighted by Gasteiger charge is -2.40. The number of halogens is 4. The molecule has 2 atom stereocenters. The van der Waals surface area contributed by atoms with Crippen molar-refractivity contribution in [2.45, 2.75) is 63.6 Å². The van der Waals surface area contributed by atoms with Gasteiger partial charge in [-0.3, -0.25) is 9.48 Å². The molecule has 248 valence electrons. The van der Waals surface area contributed by atoms with Crippen molar-refractivity contribution < 1.29 is 32.2 Å². The lowest BCUT2D eigenvalue weighted by atomic mass is 9.86. The van der Waals surface area contributed by atoms with Crippen LogP contribution in [-0.4, -0.2) is 77.1 Å². The molecule has 1 amide bonds. The van der Waals surface area contributed by atoms with Crippen molar-refractivity contribution in [1.29, 1.82) is 0 Å². The van der Waals surface area contributed by atoms with Crippen molar-refractivity contribution in [2.75, 3.05) is 33.4 Å². The molecule has 15 heteroatoms. The van der Waals surface area contributed by atoms with Crippen LogP contribution in [0.1, 0.15) is 46.0 Å². The van der Waals surface area contributed by atoms with Crippen LogP contribution in [0.2, 0.25) is 5.02 Å². The van der Waals surface area contributed by atoms with Crippen molar-refractivity contribution in [3.05, 3.63) is 61.7 Å². The number of nitrogens with zero attached hydrogens (tertiary/aromatic N) is 4. The molecule has 2 aromatic heterocycles. The lowest BCUT2D eigenvalue weighted by molar-refractivity contribution is -0.143. The Bertz CT molecular complexity index is 1620. The zero-order valence-corrected chi connectivity index (χ0v) is 27.3. The summed E-state index contributed by atoms with van der Waals surface area (Å²) in [6.07, 6.45) is -0.177. The predicted molar refractivity (Wildman–Crippen MR) is 167 cm³/mol. The van der Waals surface area contributed by atoms with E-state index < -0.39 is 16.9 Å². The summed E-state index contributed by atoms with van der Waals surface area (Å²) < 4.78 is 56.7. The minimum absolute atomic E-state index is 0.0398. The fraction of sp³-hybridized carbons (Fsp3) is 0.516. The number of aryl methyl sites for hydroxylation is 1.